The number of rotatable bonds is 6. The van der Waals surface area contributed by atoms with Crippen LogP contribution in [0.2, 0.25) is 0 Å². The molecular weight excluding hydrogens is 332 g/mol. The largest absolute Gasteiger partial charge is 0.462 e. The SMILES string of the molecule is CCOC(=O)c1cnc(N2CCN(Cc3cccc(C=O)c3)CC2)nc1. The van der Waals surface area contributed by atoms with Gasteiger partial charge in [0.2, 0.25) is 5.95 Å². The van der Waals surface area contributed by atoms with E-state index in [9.17, 15) is 9.59 Å². The van der Waals surface area contributed by atoms with E-state index in [4.69, 9.17) is 4.74 Å². The van der Waals surface area contributed by atoms with Crippen molar-refractivity contribution in [3.8, 4) is 0 Å². The van der Waals surface area contributed by atoms with Crippen LogP contribution in [0.3, 0.4) is 0 Å². The number of hydrogen-bond donors (Lipinski definition) is 0. The maximum atomic E-state index is 11.7. The molecule has 7 heteroatoms. The van der Waals surface area contributed by atoms with Gasteiger partial charge < -0.3 is 9.64 Å². The Morgan fingerprint density at radius 1 is 1.19 bits per heavy atom. The summed E-state index contributed by atoms with van der Waals surface area (Å²) in [6.07, 6.45) is 3.90. The lowest BCUT2D eigenvalue weighted by Crippen LogP contribution is -2.46. The van der Waals surface area contributed by atoms with Crippen LogP contribution in [0.4, 0.5) is 5.95 Å². The molecule has 0 unspecified atom stereocenters. The molecule has 136 valence electrons. The van der Waals surface area contributed by atoms with E-state index >= 15 is 0 Å². The molecule has 0 amide bonds. The number of benzene rings is 1. The third-order valence-corrected chi connectivity index (χ3v) is 4.30. The van der Waals surface area contributed by atoms with E-state index in [0.29, 0.717) is 23.7 Å². The van der Waals surface area contributed by atoms with Crippen molar-refractivity contribution >= 4 is 18.2 Å². The molecule has 7 nitrogen and oxygen atoms in total. The fourth-order valence-electron chi connectivity index (χ4n) is 2.93. The lowest BCUT2D eigenvalue weighted by Gasteiger charge is -2.34. The predicted octanol–water partition coefficient (Wildman–Crippen LogP) is 1.79. The smallest absolute Gasteiger partial charge is 0.341 e. The fourth-order valence-corrected chi connectivity index (χ4v) is 2.93. The van der Waals surface area contributed by atoms with Gasteiger partial charge in [-0.3, -0.25) is 9.69 Å². The van der Waals surface area contributed by atoms with Gasteiger partial charge in [0.25, 0.3) is 0 Å². The first-order chi connectivity index (χ1) is 12.7. The number of carbonyl (C=O) groups is 2. The first-order valence-corrected chi connectivity index (χ1v) is 8.70. The normalized spacial score (nSPS) is 14.9. The minimum Gasteiger partial charge on any atom is -0.462 e. The standard InChI is InChI=1S/C19H22N4O3/c1-2-26-18(25)17-11-20-19(21-12-17)23-8-6-22(7-9-23)13-15-4-3-5-16(10-15)14-24/h3-5,10-12,14H,2,6-9,13H2,1H3. The number of aromatic nitrogens is 2. The van der Waals surface area contributed by atoms with Crippen LogP contribution in [-0.2, 0) is 11.3 Å². The van der Waals surface area contributed by atoms with Crippen molar-refractivity contribution in [2.75, 3.05) is 37.7 Å². The molecule has 2 heterocycles. The summed E-state index contributed by atoms with van der Waals surface area (Å²) in [6, 6.07) is 7.69. The molecule has 3 rings (SSSR count). The Hall–Kier alpha value is -2.80. The van der Waals surface area contributed by atoms with Crippen LogP contribution in [0.5, 0.6) is 0 Å². The molecule has 2 aromatic rings. The van der Waals surface area contributed by atoms with E-state index in [1.165, 1.54) is 12.4 Å². The molecule has 1 aromatic heterocycles. The summed E-state index contributed by atoms with van der Waals surface area (Å²) in [6.45, 7) is 6.30. The van der Waals surface area contributed by atoms with Gasteiger partial charge in [-0.05, 0) is 18.6 Å². The Morgan fingerprint density at radius 3 is 2.58 bits per heavy atom. The summed E-state index contributed by atoms with van der Waals surface area (Å²) in [5.74, 6) is 0.224. The fraction of sp³-hybridized carbons (Fsp3) is 0.368. The summed E-state index contributed by atoms with van der Waals surface area (Å²) in [7, 11) is 0. The number of piperazine rings is 1. The Labute approximate surface area is 152 Å². The molecule has 0 N–H and O–H groups in total. The first kappa shape index (κ1) is 18.0. The van der Waals surface area contributed by atoms with Gasteiger partial charge in [-0.2, -0.15) is 0 Å². The zero-order chi connectivity index (χ0) is 18.4. The predicted molar refractivity (Wildman–Crippen MR) is 97.3 cm³/mol. The molecule has 0 spiro atoms. The average molecular weight is 354 g/mol. The molecular formula is C19H22N4O3. The molecule has 0 radical (unpaired) electrons. The van der Waals surface area contributed by atoms with E-state index in [2.05, 4.69) is 19.8 Å². The highest BCUT2D eigenvalue weighted by Crippen LogP contribution is 2.14. The van der Waals surface area contributed by atoms with Crippen molar-refractivity contribution in [1.29, 1.82) is 0 Å². The van der Waals surface area contributed by atoms with Crippen molar-refractivity contribution in [3.63, 3.8) is 0 Å². The van der Waals surface area contributed by atoms with Crippen LogP contribution < -0.4 is 4.90 Å². The van der Waals surface area contributed by atoms with Crippen LogP contribution in [0, 0.1) is 0 Å². The van der Waals surface area contributed by atoms with Crippen molar-refractivity contribution in [1.82, 2.24) is 14.9 Å². The van der Waals surface area contributed by atoms with E-state index in [1.54, 1.807) is 6.92 Å². The molecule has 1 aliphatic heterocycles. The Morgan fingerprint density at radius 2 is 1.92 bits per heavy atom. The molecule has 0 atom stereocenters. The van der Waals surface area contributed by atoms with E-state index in [-0.39, 0.29) is 0 Å². The third-order valence-electron chi connectivity index (χ3n) is 4.30. The van der Waals surface area contributed by atoms with E-state index in [0.717, 1.165) is 44.6 Å². The summed E-state index contributed by atoms with van der Waals surface area (Å²) >= 11 is 0. The number of hydrogen-bond acceptors (Lipinski definition) is 7. The minimum atomic E-state index is -0.401. The van der Waals surface area contributed by atoms with Crippen LogP contribution >= 0.6 is 0 Å². The molecule has 0 aliphatic carbocycles. The molecule has 1 saturated heterocycles. The summed E-state index contributed by atoms with van der Waals surface area (Å²) in [5, 5.41) is 0. The van der Waals surface area contributed by atoms with Gasteiger partial charge in [-0.1, -0.05) is 18.2 Å². The van der Waals surface area contributed by atoms with Crippen molar-refractivity contribution < 1.29 is 14.3 Å². The second-order valence-corrected chi connectivity index (χ2v) is 6.12. The Bertz CT molecular complexity index is 756. The maximum absolute atomic E-state index is 11.7. The van der Waals surface area contributed by atoms with Crippen LogP contribution in [-0.4, -0.2) is 59.9 Å². The second-order valence-electron chi connectivity index (χ2n) is 6.12. The molecule has 1 aliphatic rings. The van der Waals surface area contributed by atoms with Crippen molar-refractivity contribution in [2.24, 2.45) is 0 Å². The molecule has 1 fully saturated rings. The monoisotopic (exact) mass is 354 g/mol. The quantitative estimate of drug-likeness (QED) is 0.578. The van der Waals surface area contributed by atoms with Gasteiger partial charge >= 0.3 is 5.97 Å². The number of esters is 1. The molecule has 0 saturated carbocycles. The van der Waals surface area contributed by atoms with Gasteiger partial charge in [0, 0.05) is 50.7 Å². The highest BCUT2D eigenvalue weighted by atomic mass is 16.5. The lowest BCUT2D eigenvalue weighted by molar-refractivity contribution is 0.0525. The number of carbonyl (C=O) groups excluding carboxylic acids is 2. The van der Waals surface area contributed by atoms with Gasteiger partial charge in [0.05, 0.1) is 12.2 Å². The zero-order valence-electron chi connectivity index (χ0n) is 14.8. The maximum Gasteiger partial charge on any atom is 0.341 e. The first-order valence-electron chi connectivity index (χ1n) is 8.70. The highest BCUT2D eigenvalue weighted by molar-refractivity contribution is 5.88. The van der Waals surface area contributed by atoms with Gasteiger partial charge in [0.15, 0.2) is 0 Å². The van der Waals surface area contributed by atoms with Crippen molar-refractivity contribution in [2.45, 2.75) is 13.5 Å². The Balaban J connectivity index is 1.54. The van der Waals surface area contributed by atoms with Gasteiger partial charge in [-0.25, -0.2) is 14.8 Å². The highest BCUT2D eigenvalue weighted by Gasteiger charge is 2.19. The average Bonchev–Trinajstić information content (AvgIpc) is 2.69. The second kappa shape index (κ2) is 8.53. The molecule has 26 heavy (non-hydrogen) atoms. The summed E-state index contributed by atoms with van der Waals surface area (Å²) < 4.78 is 4.94. The van der Waals surface area contributed by atoms with Crippen LogP contribution in [0.25, 0.3) is 0 Å². The van der Waals surface area contributed by atoms with Crippen LogP contribution in [0.1, 0.15) is 33.2 Å². The van der Waals surface area contributed by atoms with E-state index < -0.39 is 5.97 Å². The summed E-state index contributed by atoms with van der Waals surface area (Å²) in [5.41, 5.74) is 2.21. The molecule has 0 bridgehead atoms. The van der Waals surface area contributed by atoms with E-state index in [1.807, 2.05) is 24.3 Å². The number of aldehydes is 1. The lowest BCUT2D eigenvalue weighted by atomic mass is 10.1. The van der Waals surface area contributed by atoms with Crippen LogP contribution in [0.15, 0.2) is 36.7 Å². The number of nitrogens with zero attached hydrogens (tertiary/aromatic N) is 4. The number of anilines is 1. The third kappa shape index (κ3) is 4.43. The minimum absolute atomic E-state index is 0.332. The summed E-state index contributed by atoms with van der Waals surface area (Å²) in [4.78, 5) is 35.6. The zero-order valence-corrected chi connectivity index (χ0v) is 14.8. The van der Waals surface area contributed by atoms with Crippen molar-refractivity contribution in [3.05, 3.63) is 53.3 Å². The van der Waals surface area contributed by atoms with Gasteiger partial charge in [-0.15, -0.1) is 0 Å². The Kier molecular flexibility index (Phi) is 5.91. The number of ether oxygens (including phenoxy) is 1. The topological polar surface area (TPSA) is 75.6 Å². The van der Waals surface area contributed by atoms with Gasteiger partial charge in [0.1, 0.15) is 6.29 Å². The molecule has 1 aromatic carbocycles.